The van der Waals surface area contributed by atoms with Crippen molar-refractivity contribution < 1.29 is 31.1 Å². The molecule has 2 heterocycles. The van der Waals surface area contributed by atoms with Crippen LogP contribution in [0.3, 0.4) is 0 Å². The van der Waals surface area contributed by atoms with Gasteiger partial charge in [0.15, 0.2) is 0 Å². The van der Waals surface area contributed by atoms with Crippen LogP contribution in [0.1, 0.15) is 24.8 Å². The lowest BCUT2D eigenvalue weighted by Gasteiger charge is -2.34. The molecule has 0 bridgehead atoms. The van der Waals surface area contributed by atoms with Crippen LogP contribution < -0.4 is 4.72 Å². The first-order chi connectivity index (χ1) is 16.2. The Kier molecular flexibility index (Phi) is 5.94. The third kappa shape index (κ3) is 4.23. The second-order valence-corrected chi connectivity index (χ2v) is 11.0. The molecule has 2 aromatic rings. The molecule has 1 N–H and O–H groups in total. The predicted molar refractivity (Wildman–Crippen MR) is 119 cm³/mol. The highest BCUT2D eigenvalue weighted by atomic mass is 32.2. The van der Waals surface area contributed by atoms with Crippen LogP contribution in [0.25, 0.3) is 11.1 Å². The van der Waals surface area contributed by atoms with E-state index in [9.17, 15) is 22.0 Å². The number of rotatable bonds is 7. The zero-order valence-electron chi connectivity index (χ0n) is 18.3. The van der Waals surface area contributed by atoms with Crippen molar-refractivity contribution in [3.8, 4) is 11.1 Å². The van der Waals surface area contributed by atoms with Crippen LogP contribution in [0, 0.1) is 17.0 Å². The van der Waals surface area contributed by atoms with Gasteiger partial charge in [0.25, 0.3) is 5.91 Å². The molecule has 3 fully saturated rings. The lowest BCUT2D eigenvalue weighted by molar-refractivity contribution is -0.157. The van der Waals surface area contributed by atoms with Crippen molar-refractivity contribution in [2.75, 3.05) is 19.2 Å². The number of nitrogens with one attached hydrogen (secondary N) is 1. The number of halogens is 3. The summed E-state index contributed by atoms with van der Waals surface area (Å²) in [5.41, 5.74) is 0.0590. The number of sulfonamides is 1. The van der Waals surface area contributed by atoms with Gasteiger partial charge in [-0.3, -0.25) is 4.79 Å². The fourth-order valence-electron chi connectivity index (χ4n) is 5.13. The van der Waals surface area contributed by atoms with Crippen molar-refractivity contribution in [1.82, 2.24) is 9.62 Å². The minimum atomic E-state index is -4.24. The standard InChI is InChI=1S/C24H25F3N2O4S/c25-14-34(31,32)28-22-19(29(13-24(22)7-8-24)23(30)20-6-9-33-20)11-16-10-17(26)12-18(21(16)27)15-4-2-1-3-5-15/h1-5,10,12,19-20,22,28H,6-9,11,13-14H2/t19-,20?,22+/m0/s1. The number of amides is 1. The molecule has 1 unspecified atom stereocenters. The largest absolute Gasteiger partial charge is 0.368 e. The van der Waals surface area contributed by atoms with Crippen LogP contribution >= 0.6 is 0 Å². The van der Waals surface area contributed by atoms with Gasteiger partial charge < -0.3 is 9.64 Å². The summed E-state index contributed by atoms with van der Waals surface area (Å²) in [4.78, 5) is 14.7. The van der Waals surface area contributed by atoms with E-state index in [-0.39, 0.29) is 30.0 Å². The van der Waals surface area contributed by atoms with Gasteiger partial charge in [-0.1, -0.05) is 30.3 Å². The molecule has 10 heteroatoms. The zero-order valence-corrected chi connectivity index (χ0v) is 19.2. The number of benzene rings is 2. The summed E-state index contributed by atoms with van der Waals surface area (Å²) in [5, 5.41) is 0. The van der Waals surface area contributed by atoms with Crippen molar-refractivity contribution in [1.29, 1.82) is 0 Å². The molecule has 0 aromatic heterocycles. The van der Waals surface area contributed by atoms with E-state index < -0.39 is 51.3 Å². The van der Waals surface area contributed by atoms with Gasteiger partial charge in [0.05, 0.1) is 12.6 Å². The van der Waals surface area contributed by atoms with Crippen LogP contribution in [-0.4, -0.2) is 56.6 Å². The first kappa shape index (κ1) is 23.3. The van der Waals surface area contributed by atoms with Gasteiger partial charge in [-0.2, -0.15) is 0 Å². The van der Waals surface area contributed by atoms with Gasteiger partial charge >= 0.3 is 0 Å². The lowest BCUT2D eigenvalue weighted by Crippen LogP contribution is -2.53. The van der Waals surface area contributed by atoms with E-state index in [2.05, 4.69) is 4.72 Å². The topological polar surface area (TPSA) is 75.7 Å². The molecule has 1 aliphatic carbocycles. The van der Waals surface area contributed by atoms with Crippen LogP contribution in [0.5, 0.6) is 0 Å². The molecular formula is C24H25F3N2O4S. The highest BCUT2D eigenvalue weighted by Gasteiger charge is 2.62. The van der Waals surface area contributed by atoms with Crippen molar-refractivity contribution in [3.63, 3.8) is 0 Å². The third-order valence-electron chi connectivity index (χ3n) is 7.16. The maximum atomic E-state index is 15.6. The molecule has 3 aliphatic rings. The van der Waals surface area contributed by atoms with E-state index in [0.717, 1.165) is 12.1 Å². The highest BCUT2D eigenvalue weighted by Crippen LogP contribution is 2.56. The van der Waals surface area contributed by atoms with Crippen LogP contribution in [0.15, 0.2) is 42.5 Å². The second-order valence-electron chi connectivity index (χ2n) is 9.36. The molecule has 2 aromatic carbocycles. The van der Waals surface area contributed by atoms with E-state index in [1.54, 1.807) is 30.3 Å². The molecule has 182 valence electrons. The number of likely N-dealkylation sites (tertiary alicyclic amines) is 1. The Morgan fingerprint density at radius 2 is 1.88 bits per heavy atom. The first-order valence-corrected chi connectivity index (χ1v) is 12.9. The van der Waals surface area contributed by atoms with Crippen molar-refractivity contribution in [2.45, 2.75) is 43.9 Å². The van der Waals surface area contributed by atoms with Crippen molar-refractivity contribution >= 4 is 15.9 Å². The number of hydrogen-bond acceptors (Lipinski definition) is 4. The normalized spacial score (nSPS) is 25.4. The van der Waals surface area contributed by atoms with E-state index >= 15 is 4.39 Å². The number of carbonyl (C=O) groups is 1. The Balaban J connectivity index is 1.53. The SMILES string of the molecule is O=C(C1CCO1)N1CC2(CC2)[C@H](NS(=O)(=O)CF)[C@@H]1Cc1cc(F)cc(-c2ccccc2)c1F. The Bertz CT molecular complexity index is 1200. The fourth-order valence-corrected chi connectivity index (χ4v) is 5.99. The summed E-state index contributed by atoms with van der Waals surface area (Å²) >= 11 is 0. The maximum Gasteiger partial charge on any atom is 0.252 e. The molecule has 2 aliphatic heterocycles. The molecule has 6 nitrogen and oxygen atoms in total. The Morgan fingerprint density at radius 3 is 2.47 bits per heavy atom. The molecule has 3 atom stereocenters. The zero-order chi connectivity index (χ0) is 24.1. The summed E-state index contributed by atoms with van der Waals surface area (Å²) in [6.07, 6.45) is 1.09. The first-order valence-electron chi connectivity index (χ1n) is 11.2. The lowest BCUT2D eigenvalue weighted by atomic mass is 9.91. The van der Waals surface area contributed by atoms with E-state index in [1.165, 1.54) is 4.90 Å². The molecule has 1 amide bonds. The Morgan fingerprint density at radius 1 is 1.18 bits per heavy atom. The number of alkyl halides is 1. The van der Waals surface area contributed by atoms with Gasteiger partial charge in [-0.05, 0) is 42.5 Å². The molecule has 1 saturated carbocycles. The van der Waals surface area contributed by atoms with Gasteiger partial charge in [-0.25, -0.2) is 26.3 Å². The number of ether oxygens (including phenoxy) is 1. The Labute approximate surface area is 196 Å². The summed E-state index contributed by atoms with van der Waals surface area (Å²) in [6.45, 7) is 0.717. The summed E-state index contributed by atoms with van der Waals surface area (Å²) in [6, 6.07) is 7.50. The highest BCUT2D eigenvalue weighted by molar-refractivity contribution is 7.89. The number of hydrogen-bond donors (Lipinski definition) is 1. The van der Waals surface area contributed by atoms with Crippen LogP contribution in [0.2, 0.25) is 0 Å². The van der Waals surface area contributed by atoms with E-state index in [4.69, 9.17) is 4.74 Å². The predicted octanol–water partition coefficient (Wildman–Crippen LogP) is 3.17. The van der Waals surface area contributed by atoms with E-state index in [1.807, 2.05) is 0 Å². The summed E-state index contributed by atoms with van der Waals surface area (Å²) in [7, 11) is -4.24. The monoisotopic (exact) mass is 494 g/mol. The maximum absolute atomic E-state index is 15.6. The summed E-state index contributed by atoms with van der Waals surface area (Å²) < 4.78 is 75.4. The third-order valence-corrected chi connectivity index (χ3v) is 8.06. The van der Waals surface area contributed by atoms with Gasteiger partial charge in [0.1, 0.15) is 17.7 Å². The van der Waals surface area contributed by atoms with E-state index in [0.29, 0.717) is 31.4 Å². The molecule has 2 saturated heterocycles. The smallest absolute Gasteiger partial charge is 0.252 e. The molecule has 1 spiro atoms. The van der Waals surface area contributed by atoms with Crippen molar-refractivity contribution in [2.24, 2.45) is 5.41 Å². The van der Waals surface area contributed by atoms with Gasteiger partial charge in [-0.15, -0.1) is 0 Å². The average molecular weight is 495 g/mol. The fraction of sp³-hybridized carbons (Fsp3) is 0.458. The summed E-state index contributed by atoms with van der Waals surface area (Å²) in [5.74, 6) is -1.58. The quantitative estimate of drug-likeness (QED) is 0.642. The minimum Gasteiger partial charge on any atom is -0.368 e. The molecule has 5 rings (SSSR count). The average Bonchev–Trinajstić information content (AvgIpc) is 3.50. The number of nitrogens with zero attached hydrogens (tertiary/aromatic N) is 1. The van der Waals surface area contributed by atoms with Gasteiger partial charge in [0.2, 0.25) is 16.0 Å². The number of carbonyl (C=O) groups excluding carboxylic acids is 1. The molecule has 34 heavy (non-hydrogen) atoms. The minimum absolute atomic E-state index is 0.0262. The Hall–Kier alpha value is -2.43. The van der Waals surface area contributed by atoms with Gasteiger partial charge in [0, 0.05) is 30.0 Å². The van der Waals surface area contributed by atoms with Crippen molar-refractivity contribution in [3.05, 3.63) is 59.7 Å². The van der Waals surface area contributed by atoms with Crippen LogP contribution in [-0.2, 0) is 26.0 Å². The second kappa shape index (κ2) is 8.66. The molecule has 0 radical (unpaired) electrons. The van der Waals surface area contributed by atoms with Crippen LogP contribution in [0.4, 0.5) is 13.2 Å². The molecular weight excluding hydrogens is 469 g/mol.